The highest BCUT2D eigenvalue weighted by molar-refractivity contribution is 9.10. The van der Waals surface area contributed by atoms with Crippen LogP contribution < -0.4 is 5.32 Å². The lowest BCUT2D eigenvalue weighted by atomic mass is 9.85. The average molecular weight is 315 g/mol. The van der Waals surface area contributed by atoms with Crippen molar-refractivity contribution in [3.63, 3.8) is 0 Å². The Morgan fingerprint density at radius 2 is 1.94 bits per heavy atom. The molecule has 0 radical (unpaired) electrons. The highest BCUT2D eigenvalue weighted by atomic mass is 79.9. The van der Waals surface area contributed by atoms with E-state index in [2.05, 4.69) is 21.2 Å². The molecule has 1 N–H and O–H groups in total. The van der Waals surface area contributed by atoms with Gasteiger partial charge in [-0.1, -0.05) is 20.8 Å². The van der Waals surface area contributed by atoms with Crippen LogP contribution in [0.4, 0.5) is 11.4 Å². The predicted molar refractivity (Wildman–Crippen MR) is 73.8 cm³/mol. The molecule has 1 amide bonds. The molecule has 0 heterocycles. The SMILES string of the molecule is CC(=O)Nc1c(Br)cc([N+](=O)[O-])cc1C(C)(C)C. The van der Waals surface area contributed by atoms with Gasteiger partial charge in [0.15, 0.2) is 0 Å². The van der Waals surface area contributed by atoms with Gasteiger partial charge in [-0.05, 0) is 26.9 Å². The quantitative estimate of drug-likeness (QED) is 0.669. The summed E-state index contributed by atoms with van der Waals surface area (Å²) in [6, 6.07) is 2.89. The van der Waals surface area contributed by atoms with Gasteiger partial charge in [0, 0.05) is 23.5 Å². The molecule has 5 nitrogen and oxygen atoms in total. The van der Waals surface area contributed by atoms with Crippen LogP contribution in [0.25, 0.3) is 0 Å². The summed E-state index contributed by atoms with van der Waals surface area (Å²) < 4.78 is 0.511. The monoisotopic (exact) mass is 314 g/mol. The predicted octanol–water partition coefficient (Wildman–Crippen LogP) is 3.61. The molecule has 0 spiro atoms. The van der Waals surface area contributed by atoms with E-state index >= 15 is 0 Å². The smallest absolute Gasteiger partial charge is 0.271 e. The maximum absolute atomic E-state index is 11.2. The zero-order chi connectivity index (χ0) is 14.1. The minimum absolute atomic E-state index is 0.000835. The molecule has 6 heteroatoms. The number of non-ortho nitro benzene ring substituents is 1. The third-order valence-electron chi connectivity index (χ3n) is 2.39. The van der Waals surface area contributed by atoms with Crippen LogP contribution in [0.3, 0.4) is 0 Å². The first kappa shape index (κ1) is 14.6. The minimum atomic E-state index is -0.447. The van der Waals surface area contributed by atoms with Gasteiger partial charge in [-0.25, -0.2) is 0 Å². The number of nitro groups is 1. The molecular weight excluding hydrogens is 300 g/mol. The van der Waals surface area contributed by atoms with E-state index in [1.54, 1.807) is 0 Å². The number of benzene rings is 1. The van der Waals surface area contributed by atoms with Gasteiger partial charge in [0.05, 0.1) is 10.6 Å². The third-order valence-corrected chi connectivity index (χ3v) is 3.02. The molecule has 0 unspecified atom stereocenters. The molecule has 1 rings (SSSR count). The van der Waals surface area contributed by atoms with E-state index < -0.39 is 4.92 Å². The molecule has 0 aliphatic carbocycles. The number of carbonyl (C=O) groups is 1. The highest BCUT2D eigenvalue weighted by Gasteiger charge is 2.24. The van der Waals surface area contributed by atoms with E-state index in [0.29, 0.717) is 10.2 Å². The van der Waals surface area contributed by atoms with Crippen LogP contribution >= 0.6 is 15.9 Å². The Bertz CT molecular complexity index is 507. The number of amides is 1. The second-order valence-corrected chi connectivity index (χ2v) is 5.89. The second kappa shape index (κ2) is 5.06. The van der Waals surface area contributed by atoms with Gasteiger partial charge in [-0.3, -0.25) is 14.9 Å². The molecule has 98 valence electrons. The van der Waals surface area contributed by atoms with Crippen molar-refractivity contribution in [1.82, 2.24) is 0 Å². The average Bonchev–Trinajstić information content (AvgIpc) is 2.17. The first-order valence-electron chi connectivity index (χ1n) is 5.39. The number of nitro benzene ring substituents is 1. The van der Waals surface area contributed by atoms with Gasteiger partial charge in [-0.2, -0.15) is 0 Å². The van der Waals surface area contributed by atoms with Crippen molar-refractivity contribution in [3.8, 4) is 0 Å². The number of anilines is 1. The summed E-state index contributed by atoms with van der Waals surface area (Å²) in [6.07, 6.45) is 0. The fraction of sp³-hybridized carbons (Fsp3) is 0.417. The topological polar surface area (TPSA) is 72.2 Å². The fourth-order valence-corrected chi connectivity index (χ4v) is 2.14. The molecule has 0 aromatic heterocycles. The Hall–Kier alpha value is -1.43. The van der Waals surface area contributed by atoms with E-state index in [-0.39, 0.29) is 17.0 Å². The number of hydrogen-bond donors (Lipinski definition) is 1. The summed E-state index contributed by atoms with van der Waals surface area (Å²) in [5.74, 6) is -0.213. The number of halogens is 1. The van der Waals surface area contributed by atoms with Gasteiger partial charge in [-0.15, -0.1) is 0 Å². The second-order valence-electron chi connectivity index (χ2n) is 5.04. The normalized spacial score (nSPS) is 11.2. The van der Waals surface area contributed by atoms with Gasteiger partial charge in [0.2, 0.25) is 5.91 Å². The maximum Gasteiger partial charge on any atom is 0.271 e. The van der Waals surface area contributed by atoms with Crippen LogP contribution in [-0.2, 0) is 10.2 Å². The summed E-state index contributed by atoms with van der Waals surface area (Å²) >= 11 is 3.27. The van der Waals surface area contributed by atoms with Crippen molar-refractivity contribution >= 4 is 33.2 Å². The van der Waals surface area contributed by atoms with E-state index in [1.165, 1.54) is 19.1 Å². The summed E-state index contributed by atoms with van der Waals surface area (Å²) in [4.78, 5) is 21.6. The molecule has 0 aliphatic heterocycles. The lowest BCUT2D eigenvalue weighted by Gasteiger charge is -2.23. The van der Waals surface area contributed by atoms with E-state index in [0.717, 1.165) is 5.56 Å². The van der Waals surface area contributed by atoms with Crippen molar-refractivity contribution in [2.24, 2.45) is 0 Å². The summed E-state index contributed by atoms with van der Waals surface area (Å²) in [5.41, 5.74) is 0.993. The molecular formula is C12H15BrN2O3. The van der Waals surface area contributed by atoms with Gasteiger partial charge in [0.1, 0.15) is 0 Å². The third kappa shape index (κ3) is 3.29. The Morgan fingerprint density at radius 1 is 1.39 bits per heavy atom. The fourth-order valence-electron chi connectivity index (χ4n) is 1.59. The lowest BCUT2D eigenvalue weighted by Crippen LogP contribution is -2.18. The molecule has 0 saturated carbocycles. The summed E-state index contributed by atoms with van der Waals surface area (Å²) in [7, 11) is 0. The molecule has 0 aliphatic rings. The Kier molecular flexibility index (Phi) is 4.11. The van der Waals surface area contributed by atoms with Crippen LogP contribution in [0, 0.1) is 10.1 Å². The van der Waals surface area contributed by atoms with E-state index in [1.807, 2.05) is 20.8 Å². The number of nitrogens with one attached hydrogen (secondary N) is 1. The Morgan fingerprint density at radius 3 is 2.33 bits per heavy atom. The zero-order valence-corrected chi connectivity index (χ0v) is 12.3. The Labute approximate surface area is 114 Å². The van der Waals surface area contributed by atoms with Crippen LogP contribution in [0.2, 0.25) is 0 Å². The van der Waals surface area contributed by atoms with Crippen molar-refractivity contribution < 1.29 is 9.72 Å². The Balaban J connectivity index is 3.49. The number of carbonyl (C=O) groups excluding carboxylic acids is 1. The van der Waals surface area contributed by atoms with Crippen LogP contribution in [0.5, 0.6) is 0 Å². The van der Waals surface area contributed by atoms with E-state index in [4.69, 9.17) is 0 Å². The minimum Gasteiger partial charge on any atom is -0.325 e. The summed E-state index contributed by atoms with van der Waals surface area (Å²) in [5, 5.41) is 13.6. The van der Waals surface area contributed by atoms with Crippen LogP contribution in [0.15, 0.2) is 16.6 Å². The number of rotatable bonds is 2. The van der Waals surface area contributed by atoms with E-state index in [9.17, 15) is 14.9 Å². The van der Waals surface area contributed by atoms with Crippen molar-refractivity contribution in [1.29, 1.82) is 0 Å². The zero-order valence-electron chi connectivity index (χ0n) is 10.7. The lowest BCUT2D eigenvalue weighted by molar-refractivity contribution is -0.385. The van der Waals surface area contributed by atoms with Crippen LogP contribution in [0.1, 0.15) is 33.3 Å². The first-order valence-corrected chi connectivity index (χ1v) is 6.18. The first-order chi connectivity index (χ1) is 8.12. The standard InChI is InChI=1S/C12H15BrN2O3/c1-7(16)14-11-9(12(2,3)4)5-8(15(17)18)6-10(11)13/h5-6H,1-4H3,(H,14,16). The molecule has 0 fully saturated rings. The molecule has 0 saturated heterocycles. The van der Waals surface area contributed by atoms with Crippen molar-refractivity contribution in [3.05, 3.63) is 32.3 Å². The van der Waals surface area contributed by atoms with Crippen molar-refractivity contribution in [2.75, 3.05) is 5.32 Å². The largest absolute Gasteiger partial charge is 0.325 e. The van der Waals surface area contributed by atoms with Gasteiger partial charge < -0.3 is 5.32 Å². The maximum atomic E-state index is 11.2. The molecule has 0 bridgehead atoms. The van der Waals surface area contributed by atoms with Gasteiger partial charge >= 0.3 is 0 Å². The molecule has 0 atom stereocenters. The molecule has 1 aromatic rings. The van der Waals surface area contributed by atoms with Crippen LogP contribution in [-0.4, -0.2) is 10.8 Å². The van der Waals surface area contributed by atoms with Gasteiger partial charge in [0.25, 0.3) is 5.69 Å². The van der Waals surface area contributed by atoms with Crippen molar-refractivity contribution in [2.45, 2.75) is 33.1 Å². The molecule has 18 heavy (non-hydrogen) atoms. The number of nitrogens with zero attached hydrogens (tertiary/aromatic N) is 1. The molecule has 1 aromatic carbocycles. The summed E-state index contributed by atoms with van der Waals surface area (Å²) in [6.45, 7) is 7.21. The number of hydrogen-bond acceptors (Lipinski definition) is 3. The highest BCUT2D eigenvalue weighted by Crippen LogP contribution is 2.38.